The first-order valence-electron chi connectivity index (χ1n) is 5.49. The van der Waals surface area contributed by atoms with Crippen LogP contribution in [0.3, 0.4) is 0 Å². The molecule has 2 unspecified atom stereocenters. The summed E-state index contributed by atoms with van der Waals surface area (Å²) in [5.74, 6) is 2.29. The quantitative estimate of drug-likeness (QED) is 0.775. The Bertz CT molecular complexity index is 248. The van der Waals surface area contributed by atoms with Crippen molar-refractivity contribution in [2.75, 3.05) is 12.0 Å². The Morgan fingerprint density at radius 3 is 2.80 bits per heavy atom. The van der Waals surface area contributed by atoms with Crippen molar-refractivity contribution in [3.05, 3.63) is 24.2 Å². The predicted octanol–water partition coefficient (Wildman–Crippen LogP) is 2.94. The van der Waals surface area contributed by atoms with Gasteiger partial charge in [-0.1, -0.05) is 0 Å². The molecule has 86 valence electrons. The summed E-state index contributed by atoms with van der Waals surface area (Å²) in [4.78, 5) is 0. The van der Waals surface area contributed by atoms with Gasteiger partial charge in [0.05, 0.1) is 6.26 Å². The highest BCUT2D eigenvalue weighted by atomic mass is 32.2. The second kappa shape index (κ2) is 6.96. The molecule has 1 rings (SSSR count). The molecule has 0 radical (unpaired) electrons. The molecule has 0 spiro atoms. The van der Waals surface area contributed by atoms with Crippen LogP contribution in [-0.2, 0) is 6.42 Å². The Labute approximate surface area is 96.8 Å². The first kappa shape index (κ1) is 12.7. The van der Waals surface area contributed by atoms with E-state index in [4.69, 9.17) is 4.42 Å². The van der Waals surface area contributed by atoms with E-state index in [2.05, 4.69) is 25.4 Å². The van der Waals surface area contributed by atoms with Crippen LogP contribution >= 0.6 is 11.8 Å². The van der Waals surface area contributed by atoms with Crippen LogP contribution in [0.5, 0.6) is 0 Å². The number of rotatable bonds is 7. The van der Waals surface area contributed by atoms with Crippen LogP contribution in [0.2, 0.25) is 0 Å². The van der Waals surface area contributed by atoms with Gasteiger partial charge < -0.3 is 9.73 Å². The summed E-state index contributed by atoms with van der Waals surface area (Å²) in [5.41, 5.74) is 0. The van der Waals surface area contributed by atoms with Crippen LogP contribution in [0.1, 0.15) is 26.0 Å². The minimum Gasteiger partial charge on any atom is -0.469 e. The molecule has 15 heavy (non-hydrogen) atoms. The fourth-order valence-electron chi connectivity index (χ4n) is 1.65. The van der Waals surface area contributed by atoms with Crippen molar-refractivity contribution in [2.24, 2.45) is 0 Å². The van der Waals surface area contributed by atoms with Crippen LogP contribution < -0.4 is 5.32 Å². The van der Waals surface area contributed by atoms with Crippen LogP contribution in [0.25, 0.3) is 0 Å². The molecule has 0 saturated carbocycles. The monoisotopic (exact) mass is 227 g/mol. The smallest absolute Gasteiger partial charge is 0.105 e. The van der Waals surface area contributed by atoms with Crippen molar-refractivity contribution in [2.45, 2.75) is 38.8 Å². The zero-order chi connectivity index (χ0) is 11.1. The Morgan fingerprint density at radius 1 is 1.40 bits per heavy atom. The topological polar surface area (TPSA) is 25.2 Å². The van der Waals surface area contributed by atoms with Gasteiger partial charge in [-0.3, -0.25) is 0 Å². The number of thioether (sulfide) groups is 1. The van der Waals surface area contributed by atoms with Gasteiger partial charge in [0.2, 0.25) is 0 Å². The van der Waals surface area contributed by atoms with Gasteiger partial charge in [-0.2, -0.15) is 11.8 Å². The van der Waals surface area contributed by atoms with E-state index in [1.165, 1.54) is 12.2 Å². The van der Waals surface area contributed by atoms with E-state index in [1.807, 2.05) is 23.9 Å². The largest absolute Gasteiger partial charge is 0.469 e. The lowest BCUT2D eigenvalue weighted by Crippen LogP contribution is -2.36. The normalized spacial score (nSPS) is 15.1. The fourth-order valence-corrected chi connectivity index (χ4v) is 2.24. The highest BCUT2D eigenvalue weighted by molar-refractivity contribution is 7.98. The number of furan rings is 1. The Morgan fingerprint density at radius 2 is 2.20 bits per heavy atom. The third-order valence-corrected chi connectivity index (χ3v) is 3.06. The third kappa shape index (κ3) is 5.28. The first-order chi connectivity index (χ1) is 7.22. The van der Waals surface area contributed by atoms with Crippen LogP contribution in [-0.4, -0.2) is 24.1 Å². The summed E-state index contributed by atoms with van der Waals surface area (Å²) in [5, 5.41) is 3.58. The molecular formula is C12H21NOS. The SMILES string of the molecule is CSCCC(C)NC(C)Cc1ccco1. The van der Waals surface area contributed by atoms with Crippen LogP contribution in [0, 0.1) is 0 Å². The maximum Gasteiger partial charge on any atom is 0.105 e. The average Bonchev–Trinajstić information content (AvgIpc) is 2.67. The molecule has 1 aromatic rings. The maximum atomic E-state index is 5.32. The molecule has 0 amide bonds. The summed E-state index contributed by atoms with van der Waals surface area (Å²) in [6.07, 6.45) is 6.08. The van der Waals surface area contributed by atoms with E-state index in [0.29, 0.717) is 12.1 Å². The number of hydrogen-bond acceptors (Lipinski definition) is 3. The van der Waals surface area contributed by atoms with Gasteiger partial charge in [0.1, 0.15) is 5.76 Å². The van der Waals surface area contributed by atoms with Crippen molar-refractivity contribution >= 4 is 11.8 Å². The lowest BCUT2D eigenvalue weighted by molar-refractivity contribution is 0.419. The van der Waals surface area contributed by atoms with Crippen LogP contribution in [0.15, 0.2) is 22.8 Å². The molecule has 1 aromatic heterocycles. The molecule has 3 heteroatoms. The van der Waals surface area contributed by atoms with Crippen molar-refractivity contribution < 1.29 is 4.42 Å². The van der Waals surface area contributed by atoms with Crippen LogP contribution in [0.4, 0.5) is 0 Å². The van der Waals surface area contributed by atoms with E-state index >= 15 is 0 Å². The van der Waals surface area contributed by atoms with E-state index in [-0.39, 0.29) is 0 Å². The lowest BCUT2D eigenvalue weighted by Gasteiger charge is -2.18. The van der Waals surface area contributed by atoms with Gasteiger partial charge >= 0.3 is 0 Å². The summed E-state index contributed by atoms with van der Waals surface area (Å²) in [6.45, 7) is 4.45. The average molecular weight is 227 g/mol. The zero-order valence-electron chi connectivity index (χ0n) is 9.82. The summed E-state index contributed by atoms with van der Waals surface area (Å²) >= 11 is 1.90. The van der Waals surface area contributed by atoms with Gasteiger partial charge in [0.15, 0.2) is 0 Å². The Kier molecular flexibility index (Phi) is 5.88. The molecule has 0 aliphatic carbocycles. The van der Waals surface area contributed by atoms with Gasteiger partial charge in [-0.05, 0) is 44.4 Å². The molecule has 2 atom stereocenters. The Balaban J connectivity index is 2.20. The minimum absolute atomic E-state index is 0.480. The van der Waals surface area contributed by atoms with E-state index in [1.54, 1.807) is 6.26 Å². The zero-order valence-corrected chi connectivity index (χ0v) is 10.6. The highest BCUT2D eigenvalue weighted by Gasteiger charge is 2.08. The second-order valence-corrected chi connectivity index (χ2v) is 5.02. The standard InChI is InChI=1S/C12H21NOS/c1-10(6-8-15-3)13-11(2)9-12-5-4-7-14-12/h4-5,7,10-11,13H,6,8-9H2,1-3H3. The molecule has 0 bridgehead atoms. The number of nitrogens with one attached hydrogen (secondary N) is 1. The summed E-state index contributed by atoms with van der Waals surface area (Å²) in [7, 11) is 0. The van der Waals surface area contributed by atoms with E-state index in [0.717, 1.165) is 12.2 Å². The lowest BCUT2D eigenvalue weighted by atomic mass is 10.1. The molecule has 2 nitrogen and oxygen atoms in total. The third-order valence-electron chi connectivity index (χ3n) is 2.41. The molecule has 0 aliphatic rings. The molecule has 0 aliphatic heterocycles. The molecule has 1 heterocycles. The summed E-state index contributed by atoms with van der Waals surface area (Å²) < 4.78 is 5.32. The molecule has 0 aromatic carbocycles. The molecular weight excluding hydrogens is 206 g/mol. The van der Waals surface area contributed by atoms with Crippen molar-refractivity contribution in [3.8, 4) is 0 Å². The Hall–Kier alpha value is -0.410. The van der Waals surface area contributed by atoms with Crippen molar-refractivity contribution in [1.82, 2.24) is 5.32 Å². The van der Waals surface area contributed by atoms with E-state index < -0.39 is 0 Å². The fraction of sp³-hybridized carbons (Fsp3) is 0.667. The number of hydrogen-bond donors (Lipinski definition) is 1. The second-order valence-electron chi connectivity index (χ2n) is 4.03. The van der Waals surface area contributed by atoms with Gasteiger partial charge in [-0.15, -0.1) is 0 Å². The first-order valence-corrected chi connectivity index (χ1v) is 6.89. The van der Waals surface area contributed by atoms with Crippen molar-refractivity contribution in [3.63, 3.8) is 0 Å². The predicted molar refractivity (Wildman–Crippen MR) is 67.5 cm³/mol. The van der Waals surface area contributed by atoms with Gasteiger partial charge in [-0.25, -0.2) is 0 Å². The van der Waals surface area contributed by atoms with Gasteiger partial charge in [0.25, 0.3) is 0 Å². The molecule has 1 N–H and O–H groups in total. The van der Waals surface area contributed by atoms with Gasteiger partial charge in [0, 0.05) is 18.5 Å². The summed E-state index contributed by atoms with van der Waals surface area (Å²) in [6, 6.07) is 5.04. The van der Waals surface area contributed by atoms with E-state index in [9.17, 15) is 0 Å². The van der Waals surface area contributed by atoms with Crippen molar-refractivity contribution in [1.29, 1.82) is 0 Å². The minimum atomic E-state index is 0.480. The highest BCUT2D eigenvalue weighted by Crippen LogP contribution is 2.06. The molecule has 0 fully saturated rings. The maximum absolute atomic E-state index is 5.32. The molecule has 0 saturated heterocycles.